The van der Waals surface area contributed by atoms with Crippen LogP contribution in [0.2, 0.25) is 5.02 Å². The van der Waals surface area contributed by atoms with Crippen LogP contribution in [-0.2, 0) is 4.79 Å². The molecule has 0 aliphatic heterocycles. The number of halogens is 1. The highest BCUT2D eigenvalue weighted by Gasteiger charge is 2.13. The minimum absolute atomic E-state index is 0.0945. The summed E-state index contributed by atoms with van der Waals surface area (Å²) in [5, 5.41) is 10.7. The van der Waals surface area contributed by atoms with Gasteiger partial charge in [0.05, 0.1) is 11.4 Å². The van der Waals surface area contributed by atoms with Crippen LogP contribution < -0.4 is 5.32 Å². The van der Waals surface area contributed by atoms with Crippen molar-refractivity contribution in [2.45, 2.75) is 11.8 Å². The fourth-order valence-corrected chi connectivity index (χ4v) is 2.99. The third-order valence-corrected chi connectivity index (χ3v) is 4.68. The number of amides is 1. The highest BCUT2D eigenvalue weighted by atomic mass is 35.5. The molecule has 7 heteroatoms. The molecule has 24 heavy (non-hydrogen) atoms. The molecule has 0 bridgehead atoms. The molecule has 3 rings (SSSR count). The molecule has 5 nitrogen and oxygen atoms in total. The first-order valence-electron chi connectivity index (χ1n) is 7.27. The second kappa shape index (κ2) is 7.51. The summed E-state index contributed by atoms with van der Waals surface area (Å²) in [6.07, 6.45) is 3.43. The third-order valence-electron chi connectivity index (χ3n) is 3.41. The maximum absolute atomic E-state index is 12.1. The fourth-order valence-electron chi connectivity index (χ4n) is 2.17. The van der Waals surface area contributed by atoms with Crippen molar-refractivity contribution in [2.24, 2.45) is 0 Å². The molecule has 0 saturated heterocycles. The summed E-state index contributed by atoms with van der Waals surface area (Å²) in [5.74, 6) is 0.830. The lowest BCUT2D eigenvalue weighted by Crippen LogP contribution is -2.15. The predicted octanol–water partition coefficient (Wildman–Crippen LogP) is 4.16. The van der Waals surface area contributed by atoms with Crippen LogP contribution in [0.4, 0.5) is 5.82 Å². The van der Waals surface area contributed by atoms with E-state index >= 15 is 0 Å². The van der Waals surface area contributed by atoms with E-state index in [9.17, 15) is 4.79 Å². The Morgan fingerprint density at radius 2 is 1.92 bits per heavy atom. The second-order valence-corrected chi connectivity index (χ2v) is 6.58. The Bertz CT molecular complexity index is 834. The van der Waals surface area contributed by atoms with E-state index in [0.29, 0.717) is 16.6 Å². The average molecular weight is 359 g/mol. The van der Waals surface area contributed by atoms with Gasteiger partial charge in [-0.2, -0.15) is 5.10 Å². The van der Waals surface area contributed by atoms with Crippen LogP contribution in [0.1, 0.15) is 5.56 Å². The van der Waals surface area contributed by atoms with Crippen molar-refractivity contribution in [1.29, 1.82) is 0 Å². The van der Waals surface area contributed by atoms with Crippen LogP contribution in [0.25, 0.3) is 11.3 Å². The molecule has 0 atom stereocenters. The van der Waals surface area contributed by atoms with Gasteiger partial charge >= 0.3 is 0 Å². The summed E-state index contributed by atoms with van der Waals surface area (Å²) in [4.78, 5) is 17.1. The number of hydrogen-bond donors (Lipinski definition) is 2. The molecule has 1 amide bonds. The quantitative estimate of drug-likeness (QED) is 0.672. The van der Waals surface area contributed by atoms with Gasteiger partial charge in [0.15, 0.2) is 0 Å². The van der Waals surface area contributed by atoms with Gasteiger partial charge in [-0.05, 0) is 43.3 Å². The molecule has 0 aliphatic carbocycles. The Kier molecular flexibility index (Phi) is 5.17. The summed E-state index contributed by atoms with van der Waals surface area (Å²) < 4.78 is 0. The largest absolute Gasteiger partial charge is 0.310 e. The maximum Gasteiger partial charge on any atom is 0.235 e. The first-order valence-corrected chi connectivity index (χ1v) is 8.63. The normalized spacial score (nSPS) is 10.6. The molecule has 0 aliphatic rings. The van der Waals surface area contributed by atoms with Crippen molar-refractivity contribution in [3.8, 4) is 11.3 Å². The van der Waals surface area contributed by atoms with Gasteiger partial charge < -0.3 is 5.32 Å². The minimum atomic E-state index is -0.0945. The lowest BCUT2D eigenvalue weighted by atomic mass is 10.1. The SMILES string of the molecule is Cc1c(-c2ccncc2)n[nH]c1NC(=O)CSc1ccc(Cl)cc1. The summed E-state index contributed by atoms with van der Waals surface area (Å²) in [7, 11) is 0. The molecule has 1 aromatic carbocycles. The van der Waals surface area contributed by atoms with E-state index in [0.717, 1.165) is 21.7 Å². The molecule has 0 fully saturated rings. The van der Waals surface area contributed by atoms with Crippen LogP contribution in [0.5, 0.6) is 0 Å². The van der Waals surface area contributed by atoms with E-state index < -0.39 is 0 Å². The van der Waals surface area contributed by atoms with E-state index in [1.54, 1.807) is 12.4 Å². The highest BCUT2D eigenvalue weighted by molar-refractivity contribution is 8.00. The van der Waals surface area contributed by atoms with Gasteiger partial charge in [-0.3, -0.25) is 14.9 Å². The van der Waals surface area contributed by atoms with Crippen LogP contribution in [0, 0.1) is 6.92 Å². The van der Waals surface area contributed by atoms with Crippen LogP contribution in [-0.4, -0.2) is 26.8 Å². The minimum Gasteiger partial charge on any atom is -0.310 e. The number of benzene rings is 1. The van der Waals surface area contributed by atoms with Crippen LogP contribution in [0.3, 0.4) is 0 Å². The predicted molar refractivity (Wildman–Crippen MR) is 97.4 cm³/mol. The molecule has 122 valence electrons. The first kappa shape index (κ1) is 16.5. The number of carbonyl (C=O) groups is 1. The topological polar surface area (TPSA) is 70.7 Å². The fraction of sp³-hybridized carbons (Fsp3) is 0.118. The van der Waals surface area contributed by atoms with Gasteiger partial charge in [0.2, 0.25) is 5.91 Å². The molecule has 2 aromatic heterocycles. The Morgan fingerprint density at radius 1 is 1.21 bits per heavy atom. The average Bonchev–Trinajstić information content (AvgIpc) is 2.96. The number of anilines is 1. The molecule has 0 saturated carbocycles. The number of rotatable bonds is 5. The van der Waals surface area contributed by atoms with E-state index in [2.05, 4.69) is 20.5 Å². The van der Waals surface area contributed by atoms with Crippen LogP contribution in [0.15, 0.2) is 53.7 Å². The van der Waals surface area contributed by atoms with Crippen LogP contribution >= 0.6 is 23.4 Å². The van der Waals surface area contributed by atoms with E-state index in [-0.39, 0.29) is 5.91 Å². The Labute approximate surface area is 148 Å². The Balaban J connectivity index is 1.63. The number of nitrogens with zero attached hydrogens (tertiary/aromatic N) is 2. The number of carbonyl (C=O) groups excluding carboxylic acids is 1. The highest BCUT2D eigenvalue weighted by Crippen LogP contribution is 2.26. The standard InChI is InChI=1S/C17H15ClN4OS/c1-11-16(12-6-8-19-9-7-12)21-22-17(11)20-15(23)10-24-14-4-2-13(18)3-5-14/h2-9H,10H2,1H3,(H2,20,21,22,23). The second-order valence-electron chi connectivity index (χ2n) is 5.10. The molecule has 0 spiro atoms. The van der Waals surface area contributed by atoms with Gasteiger partial charge in [-0.1, -0.05) is 11.6 Å². The monoisotopic (exact) mass is 358 g/mol. The molecule has 0 radical (unpaired) electrons. The zero-order valence-electron chi connectivity index (χ0n) is 12.9. The number of thioether (sulfide) groups is 1. The van der Waals surface area contributed by atoms with Gasteiger partial charge in [0, 0.05) is 33.4 Å². The molecule has 3 aromatic rings. The van der Waals surface area contributed by atoms with Crippen molar-refractivity contribution in [3.63, 3.8) is 0 Å². The van der Waals surface area contributed by atoms with Gasteiger partial charge in [0.25, 0.3) is 0 Å². The molecule has 0 unspecified atom stereocenters. The van der Waals surface area contributed by atoms with Crippen molar-refractivity contribution in [2.75, 3.05) is 11.1 Å². The number of H-pyrrole nitrogens is 1. The van der Waals surface area contributed by atoms with Gasteiger partial charge in [0.1, 0.15) is 5.82 Å². The van der Waals surface area contributed by atoms with Crippen molar-refractivity contribution >= 4 is 35.1 Å². The number of pyridine rings is 1. The zero-order chi connectivity index (χ0) is 16.9. The molecule has 2 heterocycles. The molecular formula is C17H15ClN4OS. The lowest BCUT2D eigenvalue weighted by Gasteiger charge is -2.05. The van der Waals surface area contributed by atoms with Gasteiger partial charge in [-0.15, -0.1) is 11.8 Å². The van der Waals surface area contributed by atoms with E-state index in [1.165, 1.54) is 11.8 Å². The summed E-state index contributed by atoms with van der Waals surface area (Å²) >= 11 is 7.30. The smallest absolute Gasteiger partial charge is 0.235 e. The summed E-state index contributed by atoms with van der Waals surface area (Å²) in [5.41, 5.74) is 2.65. The summed E-state index contributed by atoms with van der Waals surface area (Å²) in [6.45, 7) is 1.92. The summed E-state index contributed by atoms with van der Waals surface area (Å²) in [6, 6.07) is 11.2. The molecule has 2 N–H and O–H groups in total. The van der Waals surface area contributed by atoms with Crippen molar-refractivity contribution in [3.05, 3.63) is 59.4 Å². The lowest BCUT2D eigenvalue weighted by molar-refractivity contribution is -0.113. The number of nitrogens with one attached hydrogen (secondary N) is 2. The van der Waals surface area contributed by atoms with Gasteiger partial charge in [-0.25, -0.2) is 0 Å². The molecular weight excluding hydrogens is 344 g/mol. The van der Waals surface area contributed by atoms with Crippen molar-refractivity contribution < 1.29 is 4.79 Å². The van der Waals surface area contributed by atoms with E-state index in [4.69, 9.17) is 11.6 Å². The number of hydrogen-bond acceptors (Lipinski definition) is 4. The van der Waals surface area contributed by atoms with E-state index in [1.807, 2.05) is 43.3 Å². The first-order chi connectivity index (χ1) is 11.6. The third kappa shape index (κ3) is 3.96. The Morgan fingerprint density at radius 3 is 2.62 bits per heavy atom. The number of aromatic nitrogens is 3. The number of aromatic amines is 1. The zero-order valence-corrected chi connectivity index (χ0v) is 14.5. The Hall–Kier alpha value is -2.31. The van der Waals surface area contributed by atoms with Crippen molar-refractivity contribution in [1.82, 2.24) is 15.2 Å². The maximum atomic E-state index is 12.1.